The maximum absolute atomic E-state index is 13.9. The molecule has 0 aliphatic carbocycles. The van der Waals surface area contributed by atoms with Gasteiger partial charge in [-0.15, -0.1) is 0 Å². The number of ether oxygens (including phenoxy) is 3. The summed E-state index contributed by atoms with van der Waals surface area (Å²) in [5.41, 5.74) is 5.90. The van der Waals surface area contributed by atoms with Crippen LogP contribution in [-0.4, -0.2) is 113 Å². The number of amides is 3. The molecule has 4 bridgehead atoms. The predicted octanol–water partition coefficient (Wildman–Crippen LogP) is 7.68. The Hall–Kier alpha value is -6.94. The van der Waals surface area contributed by atoms with Crippen molar-refractivity contribution in [3.05, 3.63) is 121 Å². The lowest BCUT2D eigenvalue weighted by Gasteiger charge is -2.33. The highest BCUT2D eigenvalue weighted by atomic mass is 16.6. The number of carbonyl (C=O) groups excluding carboxylic acids is 2. The molecule has 2 N–H and O–H groups in total. The fraction of sp³-hybridized carbons (Fsp3) is 0.306. The summed E-state index contributed by atoms with van der Waals surface area (Å²) in [4.78, 5) is 52.0. The van der Waals surface area contributed by atoms with Gasteiger partial charge in [-0.05, 0) is 74.2 Å². The quantitative estimate of drug-likeness (QED) is 0.130. The van der Waals surface area contributed by atoms with Gasteiger partial charge in [0.25, 0.3) is 0 Å². The molecule has 0 spiro atoms. The van der Waals surface area contributed by atoms with Crippen LogP contribution in [0.4, 0.5) is 32.6 Å². The van der Waals surface area contributed by atoms with E-state index in [9.17, 15) is 14.7 Å². The highest BCUT2D eigenvalue weighted by Gasteiger charge is 2.36. The molecule has 4 atom stereocenters. The Morgan fingerprint density at radius 1 is 0.641 bits per heavy atom. The smallest absolute Gasteiger partial charge is 0.433 e. The van der Waals surface area contributed by atoms with Crippen LogP contribution in [0.15, 0.2) is 121 Å². The number of fused-ring (bicyclic) bond motifs is 4. The molecule has 4 fully saturated rings. The largest absolute Gasteiger partial charge is 0.445 e. The predicted molar refractivity (Wildman–Crippen MR) is 244 cm³/mol. The molecule has 15 nitrogen and oxygen atoms in total. The van der Waals surface area contributed by atoms with E-state index in [1.807, 2.05) is 97.1 Å². The number of urea groups is 1. The molecule has 3 amide bonds. The second-order valence-electron chi connectivity index (χ2n) is 16.6. The maximum atomic E-state index is 13.9. The number of hydrogen-bond acceptors (Lipinski definition) is 12. The van der Waals surface area contributed by atoms with Gasteiger partial charge in [-0.3, -0.25) is 0 Å². The number of rotatable bonds is 10. The maximum Gasteiger partial charge on any atom is 0.433 e. The second-order valence-corrected chi connectivity index (χ2v) is 16.6. The number of hydrogen-bond donors (Lipinski definition) is 2. The number of aliphatic hydroxyl groups excluding tert-OH is 1. The van der Waals surface area contributed by atoms with Crippen molar-refractivity contribution in [1.29, 1.82) is 0 Å². The van der Waals surface area contributed by atoms with Crippen LogP contribution < -0.4 is 20.1 Å². The van der Waals surface area contributed by atoms with Crippen molar-refractivity contribution >= 4 is 35.1 Å². The zero-order valence-electron chi connectivity index (χ0n) is 35.5. The van der Waals surface area contributed by atoms with E-state index in [0.717, 1.165) is 107 Å². The molecular formula is C49H49N9O6. The van der Waals surface area contributed by atoms with E-state index in [4.69, 9.17) is 34.1 Å². The van der Waals surface area contributed by atoms with Crippen LogP contribution in [-0.2, 0) is 14.2 Å². The Balaban J connectivity index is 0.887. The minimum absolute atomic E-state index is 0.184. The van der Waals surface area contributed by atoms with Gasteiger partial charge >= 0.3 is 12.1 Å². The van der Waals surface area contributed by atoms with E-state index < -0.39 is 12.1 Å². The van der Waals surface area contributed by atoms with E-state index in [2.05, 4.69) is 15.1 Å². The first-order valence-corrected chi connectivity index (χ1v) is 21.9. The van der Waals surface area contributed by atoms with Crippen LogP contribution >= 0.6 is 0 Å². The highest BCUT2D eigenvalue weighted by molar-refractivity contribution is 5.96. The van der Waals surface area contributed by atoms with Crippen LogP contribution in [0.2, 0.25) is 0 Å². The van der Waals surface area contributed by atoms with Gasteiger partial charge in [-0.2, -0.15) is 5.01 Å². The normalized spacial score (nSPS) is 19.9. The summed E-state index contributed by atoms with van der Waals surface area (Å²) in [6.07, 6.45) is 4.11. The minimum Gasteiger partial charge on any atom is -0.445 e. The van der Waals surface area contributed by atoms with Crippen LogP contribution in [0.25, 0.3) is 45.3 Å². The molecule has 4 aliphatic heterocycles. The first-order valence-electron chi connectivity index (χ1n) is 21.9. The molecule has 4 aromatic carbocycles. The van der Waals surface area contributed by atoms with Gasteiger partial charge in [0.1, 0.15) is 18.2 Å². The summed E-state index contributed by atoms with van der Waals surface area (Å²) >= 11 is 0. The molecule has 64 heavy (non-hydrogen) atoms. The van der Waals surface area contributed by atoms with Gasteiger partial charge in [0, 0.05) is 73.3 Å². The summed E-state index contributed by atoms with van der Waals surface area (Å²) in [5, 5.41) is 14.6. The lowest BCUT2D eigenvalue weighted by molar-refractivity contribution is 0.0300. The summed E-state index contributed by atoms with van der Waals surface area (Å²) in [5.74, 6) is 2.76. The van der Waals surface area contributed by atoms with Crippen LogP contribution in [0.1, 0.15) is 25.7 Å². The van der Waals surface area contributed by atoms with Crippen molar-refractivity contribution in [2.24, 2.45) is 0 Å². The molecule has 0 saturated carbocycles. The van der Waals surface area contributed by atoms with Gasteiger partial charge in [-0.1, -0.05) is 60.7 Å². The van der Waals surface area contributed by atoms with Gasteiger partial charge in [0.15, 0.2) is 11.6 Å². The molecule has 10 rings (SSSR count). The van der Waals surface area contributed by atoms with Crippen molar-refractivity contribution in [1.82, 2.24) is 24.9 Å². The molecule has 6 aromatic rings. The Kier molecular flexibility index (Phi) is 11.6. The van der Waals surface area contributed by atoms with Crippen LogP contribution in [0, 0.1) is 0 Å². The zero-order chi connectivity index (χ0) is 43.6. The molecule has 4 aliphatic rings. The molecule has 15 heteroatoms. The van der Waals surface area contributed by atoms with Crippen molar-refractivity contribution in [3.8, 4) is 45.3 Å². The van der Waals surface area contributed by atoms with Crippen molar-refractivity contribution in [2.75, 3.05) is 66.6 Å². The minimum atomic E-state index is -0.846. The third kappa shape index (κ3) is 8.82. The lowest BCUT2D eigenvalue weighted by Crippen LogP contribution is -2.49. The second kappa shape index (κ2) is 18.0. The van der Waals surface area contributed by atoms with E-state index in [0.29, 0.717) is 23.0 Å². The Labute approximate surface area is 371 Å². The van der Waals surface area contributed by atoms with Gasteiger partial charge in [-0.25, -0.2) is 34.5 Å². The SMILES string of the molecule is CN(C(=O)Nc1ccc(-c2nc(-c3ccccc3)cc(N3CC4CCC(C3)O4)n2)cc1)N(C(=O)OCCO)c1ccc(-c2nc(-c3ccccc3)cc(N3CC4CCC(C3)O4)n2)cc1. The topological polar surface area (TPSA) is 159 Å². The number of aromatic nitrogens is 4. The van der Waals surface area contributed by atoms with Gasteiger partial charge in [0.05, 0.1) is 48.1 Å². The molecular weight excluding hydrogens is 811 g/mol. The average molecular weight is 860 g/mol. The van der Waals surface area contributed by atoms with Crippen molar-refractivity contribution in [3.63, 3.8) is 0 Å². The third-order valence-corrected chi connectivity index (χ3v) is 12.1. The number of carbonyl (C=O) groups is 2. The summed E-state index contributed by atoms with van der Waals surface area (Å²) in [6.45, 7) is 2.45. The van der Waals surface area contributed by atoms with Crippen molar-refractivity contribution < 1.29 is 28.9 Å². The number of morpholine rings is 2. The van der Waals surface area contributed by atoms with Gasteiger partial charge in [0.2, 0.25) is 0 Å². The fourth-order valence-corrected chi connectivity index (χ4v) is 8.91. The molecule has 6 heterocycles. The van der Waals surface area contributed by atoms with E-state index in [1.54, 1.807) is 24.3 Å². The number of nitrogens with one attached hydrogen (secondary N) is 1. The average Bonchev–Trinajstić information content (AvgIpc) is 3.87. The molecule has 4 unspecified atom stereocenters. The number of hydrazine groups is 1. The lowest BCUT2D eigenvalue weighted by atomic mass is 10.1. The fourth-order valence-electron chi connectivity index (χ4n) is 8.91. The Morgan fingerprint density at radius 3 is 1.55 bits per heavy atom. The van der Waals surface area contributed by atoms with Crippen molar-refractivity contribution in [2.45, 2.75) is 50.1 Å². The standard InChI is InChI=1S/C49H49N9O6/c1-55(48(60)50-36-16-12-34(13-17-36)46-51-42(32-8-4-2-5-9-32)26-44(53-46)56-28-38-20-21-39(29-56)63-38)58(49(61)62-25-24-59)37-18-14-35(15-19-37)47-52-43(33-10-6-3-7-11-33)27-45(54-47)57-30-40-22-23-41(31-57)64-40/h2-19,26-27,38-41,59H,20-25,28-31H2,1H3,(H,50,60). The molecule has 326 valence electrons. The monoisotopic (exact) mass is 859 g/mol. The number of anilines is 4. The van der Waals surface area contributed by atoms with E-state index in [1.165, 1.54) is 7.05 Å². The molecule has 4 saturated heterocycles. The summed E-state index contributed by atoms with van der Waals surface area (Å²) in [6, 6.07) is 37.8. The first-order chi connectivity index (χ1) is 31.3. The number of aliphatic hydroxyl groups is 1. The van der Waals surface area contributed by atoms with Crippen LogP contribution in [0.5, 0.6) is 0 Å². The number of benzene rings is 4. The molecule has 0 radical (unpaired) electrons. The third-order valence-electron chi connectivity index (χ3n) is 12.1. The molecule has 2 aromatic heterocycles. The number of nitrogens with zero attached hydrogens (tertiary/aromatic N) is 8. The summed E-state index contributed by atoms with van der Waals surface area (Å²) in [7, 11) is 1.47. The van der Waals surface area contributed by atoms with Gasteiger partial charge < -0.3 is 34.4 Å². The Morgan fingerprint density at radius 2 is 1.09 bits per heavy atom. The van der Waals surface area contributed by atoms with Crippen LogP contribution in [0.3, 0.4) is 0 Å². The zero-order valence-corrected chi connectivity index (χ0v) is 35.5. The van der Waals surface area contributed by atoms with E-state index >= 15 is 0 Å². The first kappa shape index (κ1) is 41.1. The summed E-state index contributed by atoms with van der Waals surface area (Å²) < 4.78 is 17.6. The highest BCUT2D eigenvalue weighted by Crippen LogP contribution is 2.35. The van der Waals surface area contributed by atoms with E-state index in [-0.39, 0.29) is 37.6 Å². The Bertz CT molecular complexity index is 2580.